The zero-order valence-corrected chi connectivity index (χ0v) is 12.5. The molecule has 0 unspecified atom stereocenters. The van der Waals surface area contributed by atoms with Crippen LogP contribution < -0.4 is 10.9 Å². The van der Waals surface area contributed by atoms with Gasteiger partial charge in [0.1, 0.15) is 12.3 Å². The molecule has 4 heteroatoms. The molecule has 23 heavy (non-hydrogen) atoms. The number of hydrazine groups is 1. The number of amidine groups is 1. The van der Waals surface area contributed by atoms with E-state index in [1.165, 1.54) is 10.8 Å². The largest absolute Gasteiger partial charge is 0.463 e. The van der Waals surface area contributed by atoms with Gasteiger partial charge in [0.25, 0.3) is 0 Å². The van der Waals surface area contributed by atoms with E-state index in [9.17, 15) is 0 Å². The van der Waals surface area contributed by atoms with E-state index in [0.717, 1.165) is 22.1 Å². The van der Waals surface area contributed by atoms with Gasteiger partial charge in [0.15, 0.2) is 0 Å². The Morgan fingerprint density at radius 2 is 1.57 bits per heavy atom. The summed E-state index contributed by atoms with van der Waals surface area (Å²) in [4.78, 5) is 4.65. The van der Waals surface area contributed by atoms with Gasteiger partial charge in [0.05, 0.1) is 5.69 Å². The molecule has 1 heterocycles. The number of terminal acetylenes is 1. The number of hydrogen-bond donors (Lipinski definition) is 2. The minimum atomic E-state index is 0.435. The van der Waals surface area contributed by atoms with Crippen molar-refractivity contribution in [1.82, 2.24) is 5.43 Å². The lowest BCUT2D eigenvalue weighted by molar-refractivity contribution is 0.300. The normalized spacial score (nSPS) is 12.7. The Bertz CT molecular complexity index is 969. The smallest absolute Gasteiger partial charge is 0.309 e. The highest BCUT2D eigenvalue weighted by molar-refractivity contribution is 6.20. The lowest BCUT2D eigenvalue weighted by Gasteiger charge is -2.22. The first-order valence-electron chi connectivity index (χ1n) is 7.49. The number of nitrogens with one attached hydrogen (secondary N) is 2. The highest BCUT2D eigenvalue weighted by atomic mass is 16.5. The molecular formula is C19H15N3O. The second-order valence-electron chi connectivity index (χ2n) is 5.28. The van der Waals surface area contributed by atoms with Crippen LogP contribution in [-0.2, 0) is 4.74 Å². The van der Waals surface area contributed by atoms with Gasteiger partial charge in [-0.05, 0) is 10.8 Å². The van der Waals surface area contributed by atoms with E-state index in [-0.39, 0.29) is 0 Å². The Labute approximate surface area is 134 Å². The molecule has 4 rings (SSSR count). The number of aliphatic imine (C=N–C) groups is 1. The summed E-state index contributed by atoms with van der Waals surface area (Å²) in [5.74, 6) is 2.55. The van der Waals surface area contributed by atoms with Crippen molar-refractivity contribution in [3.05, 3.63) is 48.5 Å². The molecule has 2 N–H and O–H groups in total. The molecule has 1 aliphatic rings. The fourth-order valence-electron chi connectivity index (χ4n) is 2.89. The van der Waals surface area contributed by atoms with E-state index in [1.807, 2.05) is 18.2 Å². The molecule has 3 aromatic carbocycles. The van der Waals surface area contributed by atoms with Crippen LogP contribution >= 0.6 is 0 Å². The Morgan fingerprint density at radius 1 is 0.913 bits per heavy atom. The molecule has 0 radical (unpaired) electrons. The lowest BCUT2D eigenvalue weighted by Crippen LogP contribution is -2.34. The molecule has 0 aromatic heterocycles. The summed E-state index contributed by atoms with van der Waals surface area (Å²) in [5, 5.41) is 4.59. The number of fused-ring (bicyclic) bond motifs is 6. The third-order valence-corrected chi connectivity index (χ3v) is 3.90. The van der Waals surface area contributed by atoms with Gasteiger partial charge in [-0.2, -0.15) is 4.99 Å². The van der Waals surface area contributed by atoms with E-state index in [4.69, 9.17) is 11.2 Å². The summed E-state index contributed by atoms with van der Waals surface area (Å²) in [5.41, 5.74) is 8.06. The van der Waals surface area contributed by atoms with Crippen LogP contribution in [0.25, 0.3) is 21.5 Å². The molecule has 1 aliphatic heterocycles. The number of nitrogens with zero attached hydrogens (tertiary/aromatic N) is 1. The quantitative estimate of drug-likeness (QED) is 0.428. The Kier molecular flexibility index (Phi) is 3.25. The van der Waals surface area contributed by atoms with Crippen LogP contribution in [0.15, 0.2) is 53.5 Å². The minimum Gasteiger partial charge on any atom is -0.463 e. The zero-order chi connectivity index (χ0) is 15.6. The van der Waals surface area contributed by atoms with Crippen molar-refractivity contribution in [3.63, 3.8) is 0 Å². The molecule has 0 saturated heterocycles. The maximum atomic E-state index is 5.58. The maximum absolute atomic E-state index is 5.58. The molecule has 0 fully saturated rings. The van der Waals surface area contributed by atoms with E-state index in [2.05, 4.69) is 52.1 Å². The Hall–Kier alpha value is -3.19. The number of benzene rings is 3. The molecule has 0 aliphatic carbocycles. The Balaban J connectivity index is 1.93. The summed E-state index contributed by atoms with van der Waals surface area (Å²) in [7, 11) is 0. The predicted molar refractivity (Wildman–Crippen MR) is 94.7 cm³/mol. The first-order chi connectivity index (χ1) is 11.4. The SMILES string of the molecule is C#CCCOC1=Nc2c(c3ccccc3c3ccccc23)NN1. The van der Waals surface area contributed by atoms with Crippen molar-refractivity contribution >= 4 is 38.9 Å². The summed E-state index contributed by atoms with van der Waals surface area (Å²) in [6, 6.07) is 17.0. The Morgan fingerprint density at radius 3 is 2.30 bits per heavy atom. The fraction of sp³-hybridized carbons (Fsp3) is 0.105. The maximum Gasteiger partial charge on any atom is 0.309 e. The van der Waals surface area contributed by atoms with Gasteiger partial charge in [0, 0.05) is 17.2 Å². The van der Waals surface area contributed by atoms with E-state index in [1.54, 1.807) is 0 Å². The van der Waals surface area contributed by atoms with Crippen molar-refractivity contribution in [2.24, 2.45) is 4.99 Å². The summed E-state index contributed by atoms with van der Waals surface area (Å²) in [6.07, 6.45) is 5.80. The van der Waals surface area contributed by atoms with Gasteiger partial charge in [-0.1, -0.05) is 48.5 Å². The predicted octanol–water partition coefficient (Wildman–Crippen LogP) is 3.95. The van der Waals surface area contributed by atoms with Gasteiger partial charge in [0.2, 0.25) is 0 Å². The van der Waals surface area contributed by atoms with E-state index >= 15 is 0 Å². The average molecular weight is 301 g/mol. The van der Waals surface area contributed by atoms with Crippen molar-refractivity contribution in [3.8, 4) is 12.3 Å². The first kappa shape index (κ1) is 13.5. The second-order valence-corrected chi connectivity index (χ2v) is 5.28. The molecular weight excluding hydrogens is 286 g/mol. The third-order valence-electron chi connectivity index (χ3n) is 3.90. The minimum absolute atomic E-state index is 0.435. The van der Waals surface area contributed by atoms with Crippen molar-refractivity contribution in [2.75, 3.05) is 12.0 Å². The molecule has 0 atom stereocenters. The number of anilines is 1. The molecule has 0 saturated carbocycles. The third kappa shape index (κ3) is 2.23. The lowest BCUT2D eigenvalue weighted by atomic mass is 9.98. The average Bonchev–Trinajstić information content (AvgIpc) is 2.62. The van der Waals surface area contributed by atoms with Gasteiger partial charge in [-0.3, -0.25) is 10.9 Å². The molecule has 0 bridgehead atoms. The summed E-state index contributed by atoms with van der Waals surface area (Å²) >= 11 is 0. The van der Waals surface area contributed by atoms with Crippen LogP contribution in [0.5, 0.6) is 0 Å². The van der Waals surface area contributed by atoms with Crippen LogP contribution in [0.4, 0.5) is 11.4 Å². The van der Waals surface area contributed by atoms with Gasteiger partial charge < -0.3 is 4.74 Å². The highest BCUT2D eigenvalue weighted by Crippen LogP contribution is 2.42. The van der Waals surface area contributed by atoms with Gasteiger partial charge in [-0.15, -0.1) is 12.3 Å². The van der Waals surface area contributed by atoms with Crippen LogP contribution in [-0.4, -0.2) is 12.6 Å². The molecule has 112 valence electrons. The standard InChI is InChI=1S/C19H15N3O/c1-2-3-12-23-19-20-17-15-10-6-4-8-13(15)14-9-5-7-11-16(14)18(17)21-22-19/h1,4-11,21H,3,12H2,(H,20,22). The molecule has 0 amide bonds. The van der Waals surface area contributed by atoms with Crippen molar-refractivity contribution in [2.45, 2.75) is 6.42 Å². The van der Waals surface area contributed by atoms with Gasteiger partial charge in [-0.25, -0.2) is 0 Å². The number of hydrogen-bond acceptors (Lipinski definition) is 4. The van der Waals surface area contributed by atoms with Crippen molar-refractivity contribution < 1.29 is 4.74 Å². The number of rotatable bonds is 2. The van der Waals surface area contributed by atoms with Crippen LogP contribution in [0, 0.1) is 12.3 Å². The first-order valence-corrected chi connectivity index (χ1v) is 7.49. The summed E-state index contributed by atoms with van der Waals surface area (Å²) in [6.45, 7) is 0.435. The second kappa shape index (κ2) is 5.54. The summed E-state index contributed by atoms with van der Waals surface area (Å²) < 4.78 is 5.58. The van der Waals surface area contributed by atoms with Crippen LogP contribution in [0.1, 0.15) is 6.42 Å². The van der Waals surface area contributed by atoms with Crippen LogP contribution in [0.2, 0.25) is 0 Å². The van der Waals surface area contributed by atoms with E-state index in [0.29, 0.717) is 19.0 Å². The zero-order valence-electron chi connectivity index (χ0n) is 12.5. The molecule has 4 nitrogen and oxygen atoms in total. The van der Waals surface area contributed by atoms with Crippen LogP contribution in [0.3, 0.4) is 0 Å². The molecule has 0 spiro atoms. The van der Waals surface area contributed by atoms with Gasteiger partial charge >= 0.3 is 6.02 Å². The number of ether oxygens (including phenoxy) is 1. The van der Waals surface area contributed by atoms with E-state index < -0.39 is 0 Å². The highest BCUT2D eigenvalue weighted by Gasteiger charge is 2.18. The monoisotopic (exact) mass is 301 g/mol. The fourth-order valence-corrected chi connectivity index (χ4v) is 2.89. The molecule has 3 aromatic rings. The topological polar surface area (TPSA) is 45.6 Å². The van der Waals surface area contributed by atoms with Crippen molar-refractivity contribution in [1.29, 1.82) is 0 Å².